The first-order chi connectivity index (χ1) is 40.5. The number of rotatable bonds is 64. The summed E-state index contributed by atoms with van der Waals surface area (Å²) in [6, 6.07) is 0. The quantitative estimate of drug-likeness (QED) is 0.0261. The van der Waals surface area contributed by atoms with E-state index in [1.165, 1.54) is 186 Å². The van der Waals surface area contributed by atoms with Crippen molar-refractivity contribution in [3.05, 3.63) is 97.2 Å². The summed E-state index contributed by atoms with van der Waals surface area (Å²) >= 11 is 0. The van der Waals surface area contributed by atoms with Crippen molar-refractivity contribution in [2.24, 2.45) is 0 Å². The van der Waals surface area contributed by atoms with Crippen molar-refractivity contribution >= 4 is 17.9 Å². The van der Waals surface area contributed by atoms with Crippen LogP contribution in [0.3, 0.4) is 0 Å². The molecule has 0 saturated heterocycles. The van der Waals surface area contributed by atoms with Crippen LogP contribution in [0.15, 0.2) is 97.2 Å². The third-order valence-corrected chi connectivity index (χ3v) is 15.3. The maximum absolute atomic E-state index is 12.9. The monoisotopic (exact) mass is 1140 g/mol. The van der Waals surface area contributed by atoms with E-state index in [-0.39, 0.29) is 31.1 Å². The van der Waals surface area contributed by atoms with Gasteiger partial charge in [0.05, 0.1) is 0 Å². The van der Waals surface area contributed by atoms with Crippen LogP contribution in [0.1, 0.15) is 348 Å². The highest BCUT2D eigenvalue weighted by Crippen LogP contribution is 2.17. The second-order valence-electron chi connectivity index (χ2n) is 23.4. The van der Waals surface area contributed by atoms with E-state index in [0.717, 1.165) is 122 Å². The Hall–Kier alpha value is -3.67. The molecule has 6 heteroatoms. The van der Waals surface area contributed by atoms with Crippen molar-refractivity contribution < 1.29 is 28.6 Å². The molecule has 0 bridgehead atoms. The summed E-state index contributed by atoms with van der Waals surface area (Å²) in [7, 11) is 0. The Balaban J connectivity index is 4.06. The van der Waals surface area contributed by atoms with E-state index in [1.807, 2.05) is 0 Å². The number of hydrogen-bond donors (Lipinski definition) is 0. The number of carbonyl (C=O) groups is 3. The van der Waals surface area contributed by atoms with E-state index >= 15 is 0 Å². The van der Waals surface area contributed by atoms with Gasteiger partial charge in [0.2, 0.25) is 0 Å². The van der Waals surface area contributed by atoms with E-state index in [9.17, 15) is 14.4 Å². The van der Waals surface area contributed by atoms with Gasteiger partial charge in [0.1, 0.15) is 13.2 Å². The van der Waals surface area contributed by atoms with E-state index in [0.29, 0.717) is 19.3 Å². The summed E-state index contributed by atoms with van der Waals surface area (Å²) in [4.78, 5) is 38.1. The molecule has 1 atom stereocenters. The molecule has 6 nitrogen and oxygen atoms in total. The minimum absolute atomic E-state index is 0.0828. The number of hydrogen-bond acceptors (Lipinski definition) is 6. The first-order valence-corrected chi connectivity index (χ1v) is 35.2. The van der Waals surface area contributed by atoms with Gasteiger partial charge in [0.25, 0.3) is 0 Å². The van der Waals surface area contributed by atoms with Crippen LogP contribution in [0.4, 0.5) is 0 Å². The van der Waals surface area contributed by atoms with Crippen LogP contribution < -0.4 is 0 Å². The largest absolute Gasteiger partial charge is 0.462 e. The molecule has 472 valence electrons. The second-order valence-corrected chi connectivity index (χ2v) is 23.4. The van der Waals surface area contributed by atoms with Crippen LogP contribution in [0.25, 0.3) is 0 Å². The fourth-order valence-electron chi connectivity index (χ4n) is 10.1. The number of ether oxygens (including phenoxy) is 3. The number of allylic oxidation sites excluding steroid dienone is 16. The second kappa shape index (κ2) is 69.8. The molecule has 0 rings (SSSR count). The van der Waals surface area contributed by atoms with Crippen molar-refractivity contribution in [3.63, 3.8) is 0 Å². The lowest BCUT2D eigenvalue weighted by Crippen LogP contribution is -2.30. The third-order valence-electron chi connectivity index (χ3n) is 15.3. The molecule has 0 spiro atoms. The van der Waals surface area contributed by atoms with Crippen molar-refractivity contribution in [2.75, 3.05) is 13.2 Å². The molecule has 0 aromatic carbocycles. The molecule has 0 aliphatic rings. The lowest BCUT2D eigenvalue weighted by atomic mass is 10.0. The van der Waals surface area contributed by atoms with E-state index in [1.54, 1.807) is 0 Å². The van der Waals surface area contributed by atoms with Gasteiger partial charge in [-0.3, -0.25) is 14.4 Å². The van der Waals surface area contributed by atoms with Crippen molar-refractivity contribution in [1.82, 2.24) is 0 Å². The molecule has 0 amide bonds. The van der Waals surface area contributed by atoms with Crippen LogP contribution in [-0.2, 0) is 28.6 Å². The van der Waals surface area contributed by atoms with Crippen molar-refractivity contribution in [2.45, 2.75) is 354 Å². The predicted octanol–water partition coefficient (Wildman–Crippen LogP) is 24.4. The molecule has 0 aliphatic heterocycles. The third kappa shape index (κ3) is 67.1. The highest BCUT2D eigenvalue weighted by Gasteiger charge is 2.19. The van der Waals surface area contributed by atoms with Gasteiger partial charge < -0.3 is 14.2 Å². The van der Waals surface area contributed by atoms with Gasteiger partial charge in [-0.05, 0) is 103 Å². The highest BCUT2D eigenvalue weighted by molar-refractivity contribution is 5.71. The smallest absolute Gasteiger partial charge is 0.306 e. The summed E-state index contributed by atoms with van der Waals surface area (Å²) in [5.41, 5.74) is 0. The molecule has 0 saturated carbocycles. The maximum Gasteiger partial charge on any atom is 0.306 e. The molecule has 0 fully saturated rings. The summed E-state index contributed by atoms with van der Waals surface area (Å²) in [5, 5.41) is 0. The number of esters is 3. The van der Waals surface area contributed by atoms with E-state index in [2.05, 4.69) is 118 Å². The Labute approximate surface area is 508 Å². The van der Waals surface area contributed by atoms with Gasteiger partial charge in [0.15, 0.2) is 6.10 Å². The Morgan fingerprint density at radius 2 is 0.476 bits per heavy atom. The Bertz CT molecular complexity index is 1590. The SMILES string of the molecule is CC/C=C\C/C=C\C/C=C\C/C=C\C/C=C\C/C=C\C/C=C\CCCCCCCC(=O)OC(COC(=O)CCCCCCCC)COC(=O)CCCCCCCCCCCCCCCCCCCCC/C=C\CCCCCCCCCC. The van der Waals surface area contributed by atoms with Gasteiger partial charge >= 0.3 is 17.9 Å². The zero-order chi connectivity index (χ0) is 59.2. The first-order valence-electron chi connectivity index (χ1n) is 35.2. The summed E-state index contributed by atoms with van der Waals surface area (Å²) < 4.78 is 16.8. The number of unbranched alkanes of at least 4 members (excludes halogenated alkanes) is 37. The lowest BCUT2D eigenvalue weighted by molar-refractivity contribution is -0.167. The molecule has 0 radical (unpaired) electrons. The minimum Gasteiger partial charge on any atom is -0.462 e. The molecule has 0 heterocycles. The van der Waals surface area contributed by atoms with Gasteiger partial charge in [-0.1, -0.05) is 323 Å². The molecular formula is C76H132O6. The molecule has 0 aliphatic carbocycles. The molecule has 82 heavy (non-hydrogen) atoms. The van der Waals surface area contributed by atoms with Crippen LogP contribution in [-0.4, -0.2) is 37.2 Å². The molecule has 0 N–H and O–H groups in total. The van der Waals surface area contributed by atoms with E-state index < -0.39 is 6.10 Å². The predicted molar refractivity (Wildman–Crippen MR) is 357 cm³/mol. The van der Waals surface area contributed by atoms with Crippen LogP contribution in [0.2, 0.25) is 0 Å². The topological polar surface area (TPSA) is 78.9 Å². The van der Waals surface area contributed by atoms with Crippen molar-refractivity contribution in [3.8, 4) is 0 Å². The Kier molecular flexibility index (Phi) is 66.7. The van der Waals surface area contributed by atoms with Gasteiger partial charge in [-0.25, -0.2) is 0 Å². The highest BCUT2D eigenvalue weighted by atomic mass is 16.6. The molecule has 0 aromatic rings. The average Bonchev–Trinajstić information content (AvgIpc) is 3.47. The average molecular weight is 1140 g/mol. The lowest BCUT2D eigenvalue weighted by Gasteiger charge is -2.18. The molecule has 0 aromatic heterocycles. The zero-order valence-electron chi connectivity index (χ0n) is 54.2. The first kappa shape index (κ1) is 78.3. The van der Waals surface area contributed by atoms with Gasteiger partial charge in [0, 0.05) is 19.3 Å². The van der Waals surface area contributed by atoms with Crippen LogP contribution >= 0.6 is 0 Å². The zero-order valence-corrected chi connectivity index (χ0v) is 54.2. The number of carbonyl (C=O) groups excluding carboxylic acids is 3. The molecular weight excluding hydrogens is 1010 g/mol. The summed E-state index contributed by atoms with van der Waals surface area (Å²) in [5.74, 6) is -0.900. The van der Waals surface area contributed by atoms with Crippen LogP contribution in [0, 0.1) is 0 Å². The fraction of sp³-hybridized carbons (Fsp3) is 0.750. The summed E-state index contributed by atoms with van der Waals surface area (Å²) in [6.45, 7) is 6.48. The Morgan fingerprint density at radius 1 is 0.256 bits per heavy atom. The van der Waals surface area contributed by atoms with E-state index in [4.69, 9.17) is 14.2 Å². The van der Waals surface area contributed by atoms with Crippen molar-refractivity contribution in [1.29, 1.82) is 0 Å². The van der Waals surface area contributed by atoms with Gasteiger partial charge in [-0.15, -0.1) is 0 Å². The van der Waals surface area contributed by atoms with Gasteiger partial charge in [-0.2, -0.15) is 0 Å². The fourth-order valence-corrected chi connectivity index (χ4v) is 10.1. The summed E-state index contributed by atoms with van der Waals surface area (Å²) in [6.07, 6.45) is 94.8. The van der Waals surface area contributed by atoms with Crippen LogP contribution in [0.5, 0.6) is 0 Å². The standard InChI is InChI=1S/C76H132O6/c1-4-7-10-13-16-18-20-22-24-26-28-30-32-34-36-37-38-39-41-42-44-46-48-50-52-54-56-58-60-63-66-69-75(78)81-72-73(71-80-74(77)68-65-62-15-12-9-6-3)82-76(79)70-67-64-61-59-57-55-53-51-49-47-45-43-40-35-33-31-29-27-25-23-21-19-17-14-11-8-5-2/h8,11,17,19,23,25-26,28-29,31,35,40,45,47,51,53,73H,4-7,9-10,12-16,18,20-22,24,27,30,32-34,36-39,41-44,46,48-50,52,54-72H2,1-3H3/b11-8-,19-17-,25-23-,28-26-,31-29-,40-35-,47-45-,53-51-. The maximum atomic E-state index is 12.9. The molecule has 1 unspecified atom stereocenters. The Morgan fingerprint density at radius 3 is 0.756 bits per heavy atom. The normalized spacial score (nSPS) is 12.7. The minimum atomic E-state index is -0.786.